The molecule has 0 bridgehead atoms. The second-order valence-corrected chi connectivity index (χ2v) is 8.14. The highest BCUT2D eigenvalue weighted by Gasteiger charge is 2.15. The van der Waals surface area contributed by atoms with Gasteiger partial charge in [0.2, 0.25) is 0 Å². The Hall–Kier alpha value is -1.61. The van der Waals surface area contributed by atoms with E-state index < -0.39 is 0 Å². The van der Waals surface area contributed by atoms with Gasteiger partial charge in [-0.05, 0) is 13.8 Å². The predicted octanol–water partition coefficient (Wildman–Crippen LogP) is 3.05. The molecule has 146 valence electrons. The lowest BCUT2D eigenvalue weighted by Gasteiger charge is -2.28. The quantitative estimate of drug-likeness (QED) is 0.172. The Morgan fingerprint density at radius 2 is 1.69 bits per heavy atom. The van der Waals surface area contributed by atoms with Crippen molar-refractivity contribution in [1.29, 1.82) is 0 Å². The van der Waals surface area contributed by atoms with Gasteiger partial charge in [0.05, 0.1) is 73.5 Å². The molecule has 0 amide bonds. The molecule has 0 unspecified atom stereocenters. The third kappa shape index (κ3) is 8.18. The van der Waals surface area contributed by atoms with Gasteiger partial charge < -0.3 is 13.7 Å². The van der Waals surface area contributed by atoms with E-state index in [1.165, 1.54) is 0 Å². The maximum atomic E-state index is 5.90. The lowest BCUT2D eigenvalue weighted by Crippen LogP contribution is -2.40. The normalized spacial score (nSPS) is 16.5. The van der Waals surface area contributed by atoms with Crippen molar-refractivity contribution in [2.45, 2.75) is 26.7 Å². The topological polar surface area (TPSA) is 20.5 Å². The van der Waals surface area contributed by atoms with Crippen molar-refractivity contribution in [2.24, 2.45) is 0 Å². The Balaban J connectivity index is 2.54. The van der Waals surface area contributed by atoms with Crippen LogP contribution in [0.25, 0.3) is 0 Å². The average molecular weight is 363 g/mol. The summed E-state index contributed by atoms with van der Waals surface area (Å²) in [7, 11) is 8.94. The number of nitrogens with zero attached hydrogens (tertiary/aromatic N) is 2. The minimum atomic E-state index is 0.681. The first-order valence-electron chi connectivity index (χ1n) is 9.73. The zero-order chi connectivity index (χ0) is 19.6. The molecule has 1 rings (SSSR count). The van der Waals surface area contributed by atoms with Crippen molar-refractivity contribution in [2.75, 3.05) is 67.6 Å². The first-order valence-corrected chi connectivity index (χ1v) is 9.73. The number of ether oxygens (including phenoxy) is 1. The minimum absolute atomic E-state index is 0.681. The predicted molar refractivity (Wildman–Crippen MR) is 109 cm³/mol. The summed E-state index contributed by atoms with van der Waals surface area (Å²) in [6, 6.07) is 0. The molecular weight excluding hydrogens is 324 g/mol. The van der Waals surface area contributed by atoms with Gasteiger partial charge in [-0.25, -0.2) is 6.08 Å². The minimum Gasteiger partial charge on any atom is -0.487 e. The summed E-state index contributed by atoms with van der Waals surface area (Å²) in [5.74, 6) is 1.49. The summed E-state index contributed by atoms with van der Waals surface area (Å²) in [4.78, 5) is 0. The molecule has 1 aliphatic carbocycles. The standard InChI is InChI=1S/C22H38N2O2/c1-8-20-19-21(25-17-11-15-23(4,5)9-2)13-14-22(20)26-18-12-16-24(6,7)10-3/h1,8,14,19H,9-12,15-18H2,2-7H3/q+2. The summed E-state index contributed by atoms with van der Waals surface area (Å²) in [6.07, 6.45) is 7.33. The molecule has 1 aliphatic rings. The molecule has 0 aromatic heterocycles. The van der Waals surface area contributed by atoms with Crippen molar-refractivity contribution in [3.63, 3.8) is 0 Å². The van der Waals surface area contributed by atoms with Crippen molar-refractivity contribution in [1.82, 2.24) is 0 Å². The van der Waals surface area contributed by atoms with Crippen molar-refractivity contribution in [3.8, 4) is 0 Å². The molecule has 0 aromatic carbocycles. The van der Waals surface area contributed by atoms with E-state index in [9.17, 15) is 0 Å². The van der Waals surface area contributed by atoms with Gasteiger partial charge in [0.25, 0.3) is 12.4 Å². The fourth-order valence-electron chi connectivity index (χ4n) is 2.48. The molecule has 0 heterocycles. The van der Waals surface area contributed by atoms with Gasteiger partial charge in [-0.2, -0.15) is 0 Å². The number of hydrogen-bond acceptors (Lipinski definition) is 1. The van der Waals surface area contributed by atoms with Crippen LogP contribution in [0, 0.1) is 6.58 Å². The fourth-order valence-corrected chi connectivity index (χ4v) is 2.48. The Labute approximate surface area is 160 Å². The van der Waals surface area contributed by atoms with Gasteiger partial charge >= 0.3 is 0 Å². The molecule has 26 heavy (non-hydrogen) atoms. The van der Waals surface area contributed by atoms with Crippen LogP contribution < -0.4 is 0 Å². The van der Waals surface area contributed by atoms with Crippen LogP contribution in [0.1, 0.15) is 26.7 Å². The summed E-state index contributed by atoms with van der Waals surface area (Å²) in [6.45, 7) is 16.0. The molecule has 0 aliphatic heterocycles. The van der Waals surface area contributed by atoms with E-state index in [0.29, 0.717) is 13.2 Å². The van der Waals surface area contributed by atoms with Crippen LogP contribution in [0.3, 0.4) is 0 Å². The lowest BCUT2D eigenvalue weighted by atomic mass is 10.1. The van der Waals surface area contributed by atoms with Crippen LogP contribution in [-0.2, 0) is 9.16 Å². The maximum Gasteiger partial charge on any atom is 0.282 e. The molecule has 0 aromatic rings. The first kappa shape index (κ1) is 22.4. The molecule has 4 heteroatoms. The highest BCUT2D eigenvalue weighted by Crippen LogP contribution is 2.13. The summed E-state index contributed by atoms with van der Waals surface area (Å²) >= 11 is 0. The van der Waals surface area contributed by atoms with E-state index in [1.807, 2.05) is 12.2 Å². The smallest absolute Gasteiger partial charge is 0.282 e. The number of quaternary nitrogens is 2. The zero-order valence-electron chi connectivity index (χ0n) is 17.7. The monoisotopic (exact) mass is 362 g/mol. The van der Waals surface area contributed by atoms with Gasteiger partial charge in [-0.1, -0.05) is 17.4 Å². The molecule has 0 fully saturated rings. The molecule has 0 spiro atoms. The lowest BCUT2D eigenvalue weighted by molar-refractivity contribution is -0.889. The average Bonchev–Trinajstić information content (AvgIpc) is 2.63. The van der Waals surface area contributed by atoms with Crippen LogP contribution in [0.4, 0.5) is 0 Å². The van der Waals surface area contributed by atoms with Crippen molar-refractivity contribution >= 4 is 5.78 Å². The van der Waals surface area contributed by atoms with Crippen molar-refractivity contribution < 1.29 is 18.1 Å². The highest BCUT2D eigenvalue weighted by molar-refractivity contribution is 6.07. The number of allylic oxidation sites excluding steroid dienone is 3. The Morgan fingerprint density at radius 3 is 2.27 bits per heavy atom. The Morgan fingerprint density at radius 1 is 1.08 bits per heavy atom. The third-order valence-electron chi connectivity index (χ3n) is 5.14. The van der Waals surface area contributed by atoms with Crippen LogP contribution in [0.2, 0.25) is 0 Å². The van der Waals surface area contributed by atoms with Crippen LogP contribution in [0.5, 0.6) is 0 Å². The molecule has 4 nitrogen and oxygen atoms in total. The molecule has 0 atom stereocenters. The number of ketones is 1. The van der Waals surface area contributed by atoms with E-state index in [-0.39, 0.29) is 0 Å². The van der Waals surface area contributed by atoms with E-state index in [2.05, 4.69) is 47.8 Å². The molecular formula is C22H38N2O2+2. The second-order valence-electron chi connectivity index (χ2n) is 8.14. The summed E-state index contributed by atoms with van der Waals surface area (Å²) < 4.78 is 13.7. The zero-order valence-corrected chi connectivity index (χ0v) is 17.7. The Kier molecular flexibility index (Phi) is 9.07. The van der Waals surface area contributed by atoms with Gasteiger partial charge in [0.1, 0.15) is 5.76 Å². The SMILES string of the molecule is [CH-]=CC1=CC(OCCC[N+](C)(C)CC)=C=CC1=[O+]CCC[N+](C)(C)CC. The number of carbonyl (C=O) groups excluding carboxylic acids is 1. The van der Waals surface area contributed by atoms with Gasteiger partial charge in [-0.3, -0.25) is 11.0 Å². The molecule has 0 saturated heterocycles. The van der Waals surface area contributed by atoms with Gasteiger partial charge in [-0.15, -0.1) is 0 Å². The van der Waals surface area contributed by atoms with E-state index in [1.54, 1.807) is 6.08 Å². The van der Waals surface area contributed by atoms with Crippen LogP contribution in [-0.4, -0.2) is 82.3 Å². The largest absolute Gasteiger partial charge is 0.487 e. The van der Waals surface area contributed by atoms with Crippen LogP contribution in [0.15, 0.2) is 35.3 Å². The molecule has 0 N–H and O–H groups in total. The summed E-state index contributed by atoms with van der Waals surface area (Å²) in [5.41, 5.74) is 4.01. The third-order valence-corrected chi connectivity index (χ3v) is 5.14. The maximum absolute atomic E-state index is 5.90. The summed E-state index contributed by atoms with van der Waals surface area (Å²) in [5, 5.41) is 0. The van der Waals surface area contributed by atoms with E-state index in [0.717, 1.165) is 65.1 Å². The van der Waals surface area contributed by atoms with E-state index in [4.69, 9.17) is 15.7 Å². The number of hydrogen-bond donors (Lipinski definition) is 0. The second kappa shape index (κ2) is 10.5. The molecule has 0 saturated carbocycles. The van der Waals surface area contributed by atoms with E-state index >= 15 is 0 Å². The first-order chi connectivity index (χ1) is 12.2. The van der Waals surface area contributed by atoms with Gasteiger partial charge in [0.15, 0.2) is 0 Å². The highest BCUT2D eigenvalue weighted by atomic mass is 16.5. The fraction of sp³-hybridized carbons (Fsp3) is 0.636. The van der Waals surface area contributed by atoms with Crippen LogP contribution >= 0.6 is 0 Å². The van der Waals surface area contributed by atoms with Gasteiger partial charge in [0, 0.05) is 6.42 Å². The van der Waals surface area contributed by atoms with Crippen molar-refractivity contribution in [3.05, 3.63) is 41.9 Å². The number of rotatable bonds is 12. The Bertz CT molecular complexity index is 591. The molecule has 0 radical (unpaired) electrons.